The van der Waals surface area contributed by atoms with Gasteiger partial charge in [-0.05, 0) is 63.6 Å². The van der Waals surface area contributed by atoms with E-state index in [9.17, 15) is 21.6 Å². The summed E-state index contributed by atoms with van der Waals surface area (Å²) in [6.07, 6.45) is 5.71. The van der Waals surface area contributed by atoms with Gasteiger partial charge in [0.2, 0.25) is 5.88 Å². The van der Waals surface area contributed by atoms with E-state index in [4.69, 9.17) is 16.1 Å². The van der Waals surface area contributed by atoms with Crippen LogP contribution in [0.4, 0.5) is 11.6 Å². The Morgan fingerprint density at radius 3 is 2.30 bits per heavy atom. The number of thiophene rings is 1. The van der Waals surface area contributed by atoms with Gasteiger partial charge in [0, 0.05) is 18.1 Å². The van der Waals surface area contributed by atoms with Crippen LogP contribution in [0.25, 0.3) is 0 Å². The molecule has 2 heterocycles. The number of nitrogens with one attached hydrogen (secondary N) is 3. The van der Waals surface area contributed by atoms with Crippen LogP contribution in [0.2, 0.25) is 5.02 Å². The Morgan fingerprint density at radius 1 is 1.02 bits per heavy atom. The van der Waals surface area contributed by atoms with Crippen molar-refractivity contribution < 1.29 is 26.2 Å². The number of benzene rings is 1. The first-order valence-corrected chi connectivity index (χ1v) is 16.5. The fourth-order valence-corrected chi connectivity index (χ4v) is 8.43. The first kappa shape index (κ1) is 31.4. The summed E-state index contributed by atoms with van der Waals surface area (Å²) in [6, 6.07) is 3.24. The summed E-state index contributed by atoms with van der Waals surface area (Å²) in [4.78, 5) is 14.0. The van der Waals surface area contributed by atoms with Gasteiger partial charge in [-0.3, -0.25) is 4.79 Å². The molecule has 10 nitrogen and oxygen atoms in total. The minimum absolute atomic E-state index is 0.0244. The maximum Gasteiger partial charge on any atom is 0.267 e. The molecule has 0 spiro atoms. The topological polar surface area (TPSA) is 147 Å². The van der Waals surface area contributed by atoms with E-state index < -0.39 is 31.3 Å². The van der Waals surface area contributed by atoms with Gasteiger partial charge in [0.1, 0.15) is 15.6 Å². The average Bonchev–Trinajstić information content (AvgIpc) is 3.36. The standard InChI is InChI=1S/C26H31ClN4O6S3/c1-15-13-16(2)22(20(14-15)39(33,34)11-7-9-28-6)30-25(32)23-24(17(3)19(5)38-23)40(35,36)12-8-10-29-26-21(27)18(4)31-37-26/h7-10,13-14,28-29H,11-12H2,1-6H3,(H,30,32). The number of carbonyl (C=O) groups is 1. The maximum absolute atomic E-state index is 13.5. The third-order valence-electron chi connectivity index (χ3n) is 5.90. The molecule has 0 atom stereocenters. The number of carbonyl (C=O) groups excluding carboxylic acids is 1. The number of rotatable bonds is 11. The number of hydrogen-bond donors (Lipinski definition) is 3. The molecule has 1 amide bonds. The van der Waals surface area contributed by atoms with Gasteiger partial charge in [0.25, 0.3) is 5.91 Å². The zero-order valence-electron chi connectivity index (χ0n) is 22.9. The maximum atomic E-state index is 13.5. The van der Waals surface area contributed by atoms with Crippen LogP contribution in [0, 0.1) is 34.6 Å². The lowest BCUT2D eigenvalue weighted by Crippen LogP contribution is -2.19. The van der Waals surface area contributed by atoms with Crippen LogP contribution < -0.4 is 16.0 Å². The van der Waals surface area contributed by atoms with E-state index in [0.29, 0.717) is 27.3 Å². The molecular weight excluding hydrogens is 596 g/mol. The van der Waals surface area contributed by atoms with Crippen molar-refractivity contribution in [2.45, 2.75) is 44.4 Å². The van der Waals surface area contributed by atoms with Crippen LogP contribution in [0.3, 0.4) is 0 Å². The molecule has 40 heavy (non-hydrogen) atoms. The summed E-state index contributed by atoms with van der Waals surface area (Å²) in [5.41, 5.74) is 2.30. The Morgan fingerprint density at radius 2 is 1.68 bits per heavy atom. The summed E-state index contributed by atoms with van der Waals surface area (Å²) in [6.45, 7) is 8.47. The van der Waals surface area contributed by atoms with Gasteiger partial charge in [-0.15, -0.1) is 11.3 Å². The number of aryl methyl sites for hydroxylation is 4. The van der Waals surface area contributed by atoms with Crippen LogP contribution in [-0.2, 0) is 19.7 Å². The minimum atomic E-state index is -3.96. The van der Waals surface area contributed by atoms with E-state index in [1.54, 1.807) is 47.7 Å². The average molecular weight is 627 g/mol. The van der Waals surface area contributed by atoms with E-state index in [2.05, 4.69) is 21.1 Å². The van der Waals surface area contributed by atoms with Crippen LogP contribution in [-0.4, -0.2) is 46.5 Å². The molecule has 0 aliphatic heterocycles. The lowest BCUT2D eigenvalue weighted by Gasteiger charge is -2.15. The number of aromatic nitrogens is 1. The molecule has 0 aliphatic carbocycles. The van der Waals surface area contributed by atoms with Gasteiger partial charge >= 0.3 is 0 Å². The van der Waals surface area contributed by atoms with Crippen LogP contribution >= 0.6 is 22.9 Å². The van der Waals surface area contributed by atoms with Gasteiger partial charge in [-0.25, -0.2) is 16.8 Å². The second kappa shape index (κ2) is 12.6. The minimum Gasteiger partial charge on any atom is -0.394 e. The van der Waals surface area contributed by atoms with Crippen LogP contribution in [0.15, 0.2) is 51.0 Å². The Bertz CT molecular complexity index is 1700. The fourth-order valence-electron chi connectivity index (χ4n) is 3.86. The van der Waals surface area contributed by atoms with E-state index in [1.807, 2.05) is 0 Å². The molecule has 0 bridgehead atoms. The van der Waals surface area contributed by atoms with Gasteiger partial charge in [-0.2, -0.15) is 0 Å². The predicted octanol–water partition coefficient (Wildman–Crippen LogP) is 5.09. The summed E-state index contributed by atoms with van der Waals surface area (Å²) in [5.74, 6) is -1.23. The molecule has 3 N–H and O–H groups in total. The molecule has 3 aromatic rings. The highest BCUT2D eigenvalue weighted by Gasteiger charge is 2.30. The monoisotopic (exact) mass is 626 g/mol. The van der Waals surface area contributed by atoms with Gasteiger partial charge in [-0.1, -0.05) is 35.0 Å². The molecule has 0 radical (unpaired) electrons. The van der Waals surface area contributed by atoms with Gasteiger partial charge in [0.05, 0.1) is 27.0 Å². The van der Waals surface area contributed by atoms with Crippen LogP contribution in [0.5, 0.6) is 0 Å². The first-order valence-electron chi connectivity index (χ1n) is 12.0. The number of hydrogen-bond acceptors (Lipinski definition) is 10. The highest BCUT2D eigenvalue weighted by molar-refractivity contribution is 7.92. The first-order chi connectivity index (χ1) is 18.7. The largest absolute Gasteiger partial charge is 0.394 e. The smallest absolute Gasteiger partial charge is 0.267 e. The normalized spacial score (nSPS) is 12.4. The van der Waals surface area contributed by atoms with E-state index >= 15 is 0 Å². The highest BCUT2D eigenvalue weighted by atomic mass is 35.5. The highest BCUT2D eigenvalue weighted by Crippen LogP contribution is 2.35. The Labute approximate surface area is 243 Å². The van der Waals surface area contributed by atoms with E-state index in [-0.39, 0.29) is 37.0 Å². The fraction of sp³-hybridized carbons (Fsp3) is 0.308. The third kappa shape index (κ3) is 6.95. The summed E-state index contributed by atoms with van der Waals surface area (Å²) < 4.78 is 58.1. The SMILES string of the molecule is CNC=CCS(=O)(=O)c1cc(C)cc(C)c1NC(=O)c1sc(C)c(C)c1S(=O)(=O)CC=CNc1onc(C)c1Cl. The molecule has 14 heteroatoms. The van der Waals surface area contributed by atoms with Gasteiger partial charge in [0.15, 0.2) is 19.7 Å². The summed E-state index contributed by atoms with van der Waals surface area (Å²) >= 11 is 7.09. The van der Waals surface area contributed by atoms with Crippen LogP contribution in [0.1, 0.15) is 36.9 Å². The molecule has 0 saturated heterocycles. The van der Waals surface area contributed by atoms with E-state index in [0.717, 1.165) is 11.3 Å². The molecule has 0 fully saturated rings. The molecule has 0 saturated carbocycles. The summed E-state index contributed by atoms with van der Waals surface area (Å²) in [5, 5.41) is 12.2. The summed E-state index contributed by atoms with van der Waals surface area (Å²) in [7, 11) is -6.12. The van der Waals surface area contributed by atoms with E-state index in [1.165, 1.54) is 30.6 Å². The molecule has 0 aliphatic rings. The molecule has 2 aromatic heterocycles. The van der Waals surface area contributed by atoms with Crippen molar-refractivity contribution in [1.29, 1.82) is 0 Å². The molecular formula is C26H31ClN4O6S3. The van der Waals surface area contributed by atoms with Crippen molar-refractivity contribution >= 4 is 60.1 Å². The molecule has 216 valence electrons. The molecule has 1 aromatic carbocycles. The molecule has 0 unspecified atom stereocenters. The van der Waals surface area contributed by atoms with Gasteiger partial charge < -0.3 is 20.5 Å². The second-order valence-corrected chi connectivity index (χ2v) is 14.6. The molecule has 3 rings (SSSR count). The lowest BCUT2D eigenvalue weighted by atomic mass is 10.1. The number of nitrogens with zero attached hydrogens (tertiary/aromatic N) is 1. The van der Waals surface area contributed by atoms with Crippen molar-refractivity contribution in [2.75, 3.05) is 29.2 Å². The number of sulfone groups is 2. The Hall–Kier alpha value is -3.13. The predicted molar refractivity (Wildman–Crippen MR) is 159 cm³/mol. The van der Waals surface area contributed by atoms with Crippen molar-refractivity contribution in [3.8, 4) is 0 Å². The number of amides is 1. The lowest BCUT2D eigenvalue weighted by molar-refractivity contribution is 0.102. The van der Waals surface area contributed by atoms with Crippen molar-refractivity contribution in [1.82, 2.24) is 10.5 Å². The number of halogens is 1. The quantitative estimate of drug-likeness (QED) is 0.265. The number of anilines is 2. The van der Waals surface area contributed by atoms with Crippen molar-refractivity contribution in [3.05, 3.63) is 73.8 Å². The second-order valence-electron chi connectivity index (χ2n) is 9.06. The van der Waals surface area contributed by atoms with Crippen molar-refractivity contribution in [2.24, 2.45) is 0 Å². The third-order valence-corrected chi connectivity index (χ3v) is 11.1. The Kier molecular flexibility index (Phi) is 9.88. The van der Waals surface area contributed by atoms with Crippen molar-refractivity contribution in [3.63, 3.8) is 0 Å². The Balaban J connectivity index is 1.94. The zero-order chi connectivity index (χ0) is 29.8. The zero-order valence-corrected chi connectivity index (χ0v) is 26.1.